The Balaban J connectivity index is 1.41. The smallest absolute Gasteiger partial charge is 0.238 e. The van der Waals surface area contributed by atoms with Gasteiger partial charge in [-0.1, -0.05) is 30.8 Å². The fraction of sp³-hybridized carbons (Fsp3) is 0.364. The first-order chi connectivity index (χ1) is 13.5. The number of fused-ring (bicyclic) bond motifs is 3. The van der Waals surface area contributed by atoms with E-state index in [0.29, 0.717) is 18.3 Å². The number of nitrogens with one attached hydrogen (secondary N) is 2. The van der Waals surface area contributed by atoms with Crippen molar-refractivity contribution in [2.75, 3.05) is 43.4 Å². The van der Waals surface area contributed by atoms with E-state index in [2.05, 4.69) is 45.8 Å². The van der Waals surface area contributed by atoms with Gasteiger partial charge in [-0.15, -0.1) is 0 Å². The van der Waals surface area contributed by atoms with Crippen molar-refractivity contribution in [1.29, 1.82) is 0 Å². The zero-order valence-electron chi connectivity index (χ0n) is 16.5. The number of benzene rings is 1. The Bertz CT molecular complexity index is 900. The highest BCUT2D eigenvalue weighted by molar-refractivity contribution is 5.98. The molecular formula is C22H27N5O. The number of carbonyl (C=O) groups is 1. The minimum Gasteiger partial charge on any atom is -0.354 e. The first kappa shape index (κ1) is 18.7. The van der Waals surface area contributed by atoms with Gasteiger partial charge in [-0.3, -0.25) is 19.6 Å². The number of anilines is 2. The van der Waals surface area contributed by atoms with Gasteiger partial charge < -0.3 is 10.6 Å². The van der Waals surface area contributed by atoms with Crippen molar-refractivity contribution < 1.29 is 4.79 Å². The molecule has 6 nitrogen and oxygen atoms in total. The van der Waals surface area contributed by atoms with Gasteiger partial charge in [-0.2, -0.15) is 0 Å². The predicted molar refractivity (Wildman–Crippen MR) is 114 cm³/mol. The summed E-state index contributed by atoms with van der Waals surface area (Å²) in [4.78, 5) is 21.7. The lowest BCUT2D eigenvalue weighted by Gasteiger charge is -2.36. The summed E-state index contributed by atoms with van der Waals surface area (Å²) >= 11 is 0. The largest absolute Gasteiger partial charge is 0.354 e. The van der Waals surface area contributed by atoms with E-state index in [0.717, 1.165) is 54.4 Å². The van der Waals surface area contributed by atoms with Crippen LogP contribution < -0.4 is 10.6 Å². The average Bonchev–Trinajstić information content (AvgIpc) is 2.68. The van der Waals surface area contributed by atoms with E-state index in [-0.39, 0.29) is 5.91 Å². The number of piperazine rings is 1. The van der Waals surface area contributed by atoms with Gasteiger partial charge in [-0.25, -0.2) is 0 Å². The normalized spacial score (nSPS) is 17.0. The second-order valence-corrected chi connectivity index (χ2v) is 7.72. The van der Waals surface area contributed by atoms with Gasteiger partial charge >= 0.3 is 0 Å². The second kappa shape index (κ2) is 7.73. The second-order valence-electron chi connectivity index (χ2n) is 7.72. The Kier molecular flexibility index (Phi) is 5.15. The number of aromatic nitrogens is 1. The van der Waals surface area contributed by atoms with Crippen LogP contribution >= 0.6 is 0 Å². The molecule has 4 rings (SSSR count). The predicted octanol–water partition coefficient (Wildman–Crippen LogP) is 3.11. The highest BCUT2D eigenvalue weighted by Crippen LogP contribution is 2.38. The van der Waals surface area contributed by atoms with Crippen molar-refractivity contribution >= 4 is 23.0 Å². The van der Waals surface area contributed by atoms with Crippen LogP contribution in [0.3, 0.4) is 0 Å². The van der Waals surface area contributed by atoms with Crippen LogP contribution in [0.5, 0.6) is 0 Å². The van der Waals surface area contributed by atoms with Crippen LogP contribution in [0.2, 0.25) is 0 Å². The molecule has 146 valence electrons. The van der Waals surface area contributed by atoms with Crippen molar-refractivity contribution in [3.63, 3.8) is 0 Å². The van der Waals surface area contributed by atoms with Crippen LogP contribution in [-0.2, 0) is 4.79 Å². The van der Waals surface area contributed by atoms with E-state index in [1.54, 1.807) is 6.20 Å². The molecule has 1 saturated heterocycles. The minimum absolute atomic E-state index is 0.00483. The van der Waals surface area contributed by atoms with Crippen molar-refractivity contribution in [2.45, 2.75) is 19.9 Å². The third-order valence-corrected chi connectivity index (χ3v) is 5.47. The lowest BCUT2D eigenvalue weighted by Crippen LogP contribution is -2.50. The van der Waals surface area contributed by atoms with Gasteiger partial charge in [-0.05, 0) is 19.9 Å². The zero-order chi connectivity index (χ0) is 19.7. The molecule has 0 radical (unpaired) electrons. The number of amides is 1. The van der Waals surface area contributed by atoms with Gasteiger partial charge in [0.1, 0.15) is 0 Å². The topological polar surface area (TPSA) is 60.5 Å². The maximum absolute atomic E-state index is 12.5. The summed E-state index contributed by atoms with van der Waals surface area (Å²) in [6.45, 7) is 12.8. The first-order valence-electron chi connectivity index (χ1n) is 9.83. The molecule has 0 saturated carbocycles. The zero-order valence-corrected chi connectivity index (χ0v) is 16.5. The number of hydrogen-bond donors (Lipinski definition) is 2. The molecule has 0 unspecified atom stereocenters. The summed E-state index contributed by atoms with van der Waals surface area (Å²) in [5, 5.41) is 6.29. The molecule has 2 aromatic rings. The number of carbonyl (C=O) groups excluding carboxylic acids is 1. The molecule has 1 fully saturated rings. The fourth-order valence-corrected chi connectivity index (χ4v) is 3.87. The Hall–Kier alpha value is -2.70. The number of nitrogens with zero attached hydrogens (tertiary/aromatic N) is 3. The molecule has 2 aliphatic rings. The van der Waals surface area contributed by atoms with Crippen molar-refractivity contribution in [1.82, 2.24) is 14.8 Å². The molecule has 1 aromatic carbocycles. The third kappa shape index (κ3) is 3.79. The van der Waals surface area contributed by atoms with Crippen LogP contribution in [0.25, 0.3) is 17.0 Å². The summed E-state index contributed by atoms with van der Waals surface area (Å²) < 4.78 is 0. The van der Waals surface area contributed by atoms with Gasteiger partial charge in [0.2, 0.25) is 5.91 Å². The van der Waals surface area contributed by atoms with E-state index in [4.69, 9.17) is 0 Å². The summed E-state index contributed by atoms with van der Waals surface area (Å²) in [5.74, 6) is -0.00483. The van der Waals surface area contributed by atoms with E-state index >= 15 is 0 Å². The van der Waals surface area contributed by atoms with Gasteiger partial charge in [0.15, 0.2) is 0 Å². The molecule has 0 atom stereocenters. The SMILES string of the molecule is C=C1Nc2cc(NC(=O)CN3CCN(C(C)C)CC3)cnc2-c2ccccc21. The van der Waals surface area contributed by atoms with Gasteiger partial charge in [0, 0.05) is 49.0 Å². The average molecular weight is 377 g/mol. The lowest BCUT2D eigenvalue weighted by molar-refractivity contribution is -0.117. The monoisotopic (exact) mass is 377 g/mol. The molecule has 0 aliphatic carbocycles. The maximum Gasteiger partial charge on any atom is 0.238 e. The fourth-order valence-electron chi connectivity index (χ4n) is 3.87. The van der Waals surface area contributed by atoms with E-state index in [1.807, 2.05) is 30.3 Å². The van der Waals surface area contributed by atoms with Crippen LogP contribution in [0.1, 0.15) is 19.4 Å². The summed E-state index contributed by atoms with van der Waals surface area (Å²) in [6, 6.07) is 10.6. The molecule has 6 heteroatoms. The summed E-state index contributed by atoms with van der Waals surface area (Å²) in [6.07, 6.45) is 1.72. The first-order valence-corrected chi connectivity index (χ1v) is 9.83. The van der Waals surface area contributed by atoms with Crippen LogP contribution in [0.4, 0.5) is 11.4 Å². The maximum atomic E-state index is 12.5. The van der Waals surface area contributed by atoms with Crippen LogP contribution in [0, 0.1) is 0 Å². The number of rotatable bonds is 4. The van der Waals surface area contributed by atoms with Crippen molar-refractivity contribution in [3.05, 3.63) is 48.7 Å². The molecule has 2 aliphatic heterocycles. The van der Waals surface area contributed by atoms with Gasteiger partial charge in [0.05, 0.1) is 29.8 Å². The molecule has 3 heterocycles. The molecule has 1 aromatic heterocycles. The Morgan fingerprint density at radius 3 is 2.64 bits per heavy atom. The quantitative estimate of drug-likeness (QED) is 0.857. The highest BCUT2D eigenvalue weighted by atomic mass is 16.2. The standard InChI is InChI=1S/C22H27N5O/c1-15(2)27-10-8-26(9-11-27)14-21(28)25-17-12-20-22(23-13-17)19-7-5-4-6-18(19)16(3)24-20/h4-7,12-13,15,24H,3,8-11,14H2,1-2H3,(H,25,28). The molecule has 0 bridgehead atoms. The van der Waals surface area contributed by atoms with Crippen LogP contribution in [-0.4, -0.2) is 59.5 Å². The Morgan fingerprint density at radius 1 is 1.21 bits per heavy atom. The van der Waals surface area contributed by atoms with E-state index < -0.39 is 0 Å². The molecule has 2 N–H and O–H groups in total. The van der Waals surface area contributed by atoms with Gasteiger partial charge in [0.25, 0.3) is 0 Å². The summed E-state index contributed by atoms with van der Waals surface area (Å²) in [5.41, 5.74) is 5.40. The highest BCUT2D eigenvalue weighted by Gasteiger charge is 2.22. The molecule has 1 amide bonds. The molecule has 28 heavy (non-hydrogen) atoms. The van der Waals surface area contributed by atoms with E-state index in [9.17, 15) is 4.79 Å². The summed E-state index contributed by atoms with van der Waals surface area (Å²) in [7, 11) is 0. The molecular weight excluding hydrogens is 350 g/mol. The molecule has 0 spiro atoms. The van der Waals surface area contributed by atoms with E-state index in [1.165, 1.54) is 0 Å². The van der Waals surface area contributed by atoms with Crippen LogP contribution in [0.15, 0.2) is 43.1 Å². The lowest BCUT2D eigenvalue weighted by atomic mass is 9.97. The third-order valence-electron chi connectivity index (χ3n) is 5.47. The Labute approximate surface area is 166 Å². The number of pyridine rings is 1. The van der Waals surface area contributed by atoms with Crippen molar-refractivity contribution in [2.24, 2.45) is 0 Å². The Morgan fingerprint density at radius 2 is 1.93 bits per heavy atom. The van der Waals surface area contributed by atoms with Crippen molar-refractivity contribution in [3.8, 4) is 11.3 Å². The minimum atomic E-state index is -0.00483. The number of hydrogen-bond acceptors (Lipinski definition) is 5.